The van der Waals surface area contributed by atoms with E-state index < -0.39 is 10.7 Å². The van der Waals surface area contributed by atoms with Gasteiger partial charge in [-0.05, 0) is 26.0 Å². The lowest BCUT2D eigenvalue weighted by atomic mass is 10.2. The first-order chi connectivity index (χ1) is 10.0. The Kier molecular flexibility index (Phi) is 4.92. The second-order valence-electron chi connectivity index (χ2n) is 4.58. The van der Waals surface area contributed by atoms with Crippen molar-refractivity contribution >= 4 is 17.0 Å². The SMILES string of the molecule is CCCNC(C)c1nnc(-c2cc(F)cc([N+](=O)[O-])c2)s1. The van der Waals surface area contributed by atoms with Gasteiger partial charge in [-0.25, -0.2) is 4.39 Å². The summed E-state index contributed by atoms with van der Waals surface area (Å²) in [4.78, 5) is 10.1. The molecule has 0 amide bonds. The fourth-order valence-electron chi connectivity index (χ4n) is 1.78. The molecule has 0 fully saturated rings. The van der Waals surface area contributed by atoms with Gasteiger partial charge in [0.15, 0.2) is 0 Å². The van der Waals surface area contributed by atoms with E-state index in [0.29, 0.717) is 10.6 Å². The molecule has 1 aromatic carbocycles. The van der Waals surface area contributed by atoms with Crippen LogP contribution in [0.2, 0.25) is 0 Å². The van der Waals surface area contributed by atoms with E-state index >= 15 is 0 Å². The number of nitro benzene ring substituents is 1. The molecule has 0 aliphatic rings. The highest BCUT2D eigenvalue weighted by molar-refractivity contribution is 7.14. The Bertz CT molecular complexity index is 647. The molecule has 1 heterocycles. The molecule has 0 bridgehead atoms. The van der Waals surface area contributed by atoms with Gasteiger partial charge in [0.1, 0.15) is 15.8 Å². The largest absolute Gasteiger partial charge is 0.308 e. The molecule has 112 valence electrons. The van der Waals surface area contributed by atoms with Crippen LogP contribution in [0.3, 0.4) is 0 Å². The van der Waals surface area contributed by atoms with Crippen molar-refractivity contribution in [3.63, 3.8) is 0 Å². The van der Waals surface area contributed by atoms with E-state index in [9.17, 15) is 14.5 Å². The minimum Gasteiger partial charge on any atom is -0.308 e. The van der Waals surface area contributed by atoms with Crippen molar-refractivity contribution < 1.29 is 9.31 Å². The van der Waals surface area contributed by atoms with Crippen LogP contribution in [0, 0.1) is 15.9 Å². The Morgan fingerprint density at radius 2 is 2.19 bits per heavy atom. The molecular weight excluding hydrogens is 295 g/mol. The molecule has 0 aliphatic carbocycles. The van der Waals surface area contributed by atoms with Crippen LogP contribution in [-0.2, 0) is 0 Å². The third kappa shape index (κ3) is 3.79. The molecule has 0 radical (unpaired) electrons. The summed E-state index contributed by atoms with van der Waals surface area (Å²) in [6.45, 7) is 4.90. The Morgan fingerprint density at radius 3 is 2.86 bits per heavy atom. The van der Waals surface area contributed by atoms with Crippen LogP contribution in [0.25, 0.3) is 10.6 Å². The van der Waals surface area contributed by atoms with Crippen LogP contribution in [0.4, 0.5) is 10.1 Å². The predicted octanol–water partition coefficient (Wildman–Crippen LogP) is 3.31. The van der Waals surface area contributed by atoms with Crippen LogP contribution >= 0.6 is 11.3 Å². The topological polar surface area (TPSA) is 81.0 Å². The number of non-ortho nitro benzene ring substituents is 1. The summed E-state index contributed by atoms with van der Waals surface area (Å²) < 4.78 is 13.4. The maximum atomic E-state index is 13.4. The minimum absolute atomic E-state index is 0.0414. The van der Waals surface area contributed by atoms with Crippen molar-refractivity contribution in [3.05, 3.63) is 39.1 Å². The molecule has 6 nitrogen and oxygen atoms in total. The number of benzene rings is 1. The van der Waals surface area contributed by atoms with E-state index in [1.165, 1.54) is 23.5 Å². The first-order valence-corrected chi connectivity index (χ1v) is 7.35. The van der Waals surface area contributed by atoms with Crippen LogP contribution in [0.1, 0.15) is 31.3 Å². The number of hydrogen-bond donors (Lipinski definition) is 1. The molecule has 1 unspecified atom stereocenters. The molecule has 8 heteroatoms. The van der Waals surface area contributed by atoms with E-state index in [1.54, 1.807) is 0 Å². The highest BCUT2D eigenvalue weighted by Gasteiger charge is 2.16. The first kappa shape index (κ1) is 15.5. The molecule has 0 saturated heterocycles. The third-order valence-corrected chi connectivity index (χ3v) is 4.01. The van der Waals surface area contributed by atoms with Crippen molar-refractivity contribution in [3.8, 4) is 10.6 Å². The second-order valence-corrected chi connectivity index (χ2v) is 5.59. The van der Waals surface area contributed by atoms with Crippen LogP contribution in [-0.4, -0.2) is 21.7 Å². The lowest BCUT2D eigenvalue weighted by Crippen LogP contribution is -2.18. The molecule has 1 aromatic heterocycles. The Balaban J connectivity index is 2.27. The number of aromatic nitrogens is 2. The van der Waals surface area contributed by atoms with Gasteiger partial charge in [0.25, 0.3) is 5.69 Å². The average molecular weight is 310 g/mol. The molecular formula is C13H15FN4O2S. The molecule has 0 saturated carbocycles. The Morgan fingerprint density at radius 1 is 1.43 bits per heavy atom. The highest BCUT2D eigenvalue weighted by atomic mass is 32.1. The van der Waals surface area contributed by atoms with Crippen molar-refractivity contribution in [1.82, 2.24) is 15.5 Å². The van der Waals surface area contributed by atoms with Crippen molar-refractivity contribution in [2.45, 2.75) is 26.3 Å². The number of halogens is 1. The fraction of sp³-hybridized carbons (Fsp3) is 0.385. The van der Waals surface area contributed by atoms with Gasteiger partial charge in [-0.15, -0.1) is 10.2 Å². The van der Waals surface area contributed by atoms with Crippen molar-refractivity contribution in [2.75, 3.05) is 6.54 Å². The standard InChI is InChI=1S/C13H15FN4O2S/c1-3-4-15-8(2)12-16-17-13(21-12)9-5-10(14)7-11(6-9)18(19)20/h5-8,15H,3-4H2,1-2H3. The Labute approximate surface area is 125 Å². The van der Waals surface area contributed by atoms with Gasteiger partial charge in [0.05, 0.1) is 17.0 Å². The van der Waals surface area contributed by atoms with Gasteiger partial charge in [-0.3, -0.25) is 10.1 Å². The molecule has 1 atom stereocenters. The summed E-state index contributed by atoms with van der Waals surface area (Å²) in [6, 6.07) is 3.45. The number of nitrogens with zero attached hydrogens (tertiary/aromatic N) is 3. The lowest BCUT2D eigenvalue weighted by Gasteiger charge is -2.08. The maximum Gasteiger partial charge on any atom is 0.273 e. The van der Waals surface area contributed by atoms with E-state index in [2.05, 4.69) is 22.4 Å². The van der Waals surface area contributed by atoms with Gasteiger partial charge in [0.2, 0.25) is 0 Å². The summed E-state index contributed by atoms with van der Waals surface area (Å²) in [5, 5.41) is 23.3. The van der Waals surface area contributed by atoms with Gasteiger partial charge in [-0.2, -0.15) is 0 Å². The lowest BCUT2D eigenvalue weighted by molar-refractivity contribution is -0.385. The van der Waals surface area contributed by atoms with Crippen LogP contribution < -0.4 is 5.32 Å². The quantitative estimate of drug-likeness (QED) is 0.654. The van der Waals surface area contributed by atoms with Gasteiger partial charge >= 0.3 is 0 Å². The normalized spacial score (nSPS) is 12.3. The number of nitrogens with one attached hydrogen (secondary N) is 1. The molecule has 2 rings (SSSR count). The fourth-order valence-corrected chi connectivity index (χ4v) is 2.63. The number of hydrogen-bond acceptors (Lipinski definition) is 6. The smallest absolute Gasteiger partial charge is 0.273 e. The van der Waals surface area contributed by atoms with Gasteiger partial charge in [-0.1, -0.05) is 18.3 Å². The second kappa shape index (κ2) is 6.68. The summed E-state index contributed by atoms with van der Waals surface area (Å²) in [5.41, 5.74) is 0.0760. The summed E-state index contributed by atoms with van der Waals surface area (Å²) in [7, 11) is 0. The summed E-state index contributed by atoms with van der Waals surface area (Å²) in [6.07, 6.45) is 1.01. The maximum absolute atomic E-state index is 13.4. The Hall–Kier alpha value is -1.93. The number of rotatable bonds is 6. The third-order valence-electron chi connectivity index (χ3n) is 2.85. The average Bonchev–Trinajstić information content (AvgIpc) is 2.94. The van der Waals surface area contributed by atoms with Crippen molar-refractivity contribution in [1.29, 1.82) is 0 Å². The predicted molar refractivity (Wildman–Crippen MR) is 78.7 cm³/mol. The van der Waals surface area contributed by atoms with Gasteiger partial charge < -0.3 is 5.32 Å². The molecule has 0 aliphatic heterocycles. The van der Waals surface area contributed by atoms with Crippen LogP contribution in [0.5, 0.6) is 0 Å². The highest BCUT2D eigenvalue weighted by Crippen LogP contribution is 2.29. The van der Waals surface area contributed by atoms with Crippen molar-refractivity contribution in [2.24, 2.45) is 0 Å². The number of nitro groups is 1. The minimum atomic E-state index is -0.659. The summed E-state index contributed by atoms with van der Waals surface area (Å²) >= 11 is 1.30. The van der Waals surface area contributed by atoms with E-state index in [-0.39, 0.29) is 11.7 Å². The summed E-state index contributed by atoms with van der Waals surface area (Å²) in [5.74, 6) is -0.659. The van der Waals surface area contributed by atoms with Gasteiger partial charge in [0, 0.05) is 11.6 Å². The monoisotopic (exact) mass is 310 g/mol. The zero-order valence-electron chi connectivity index (χ0n) is 11.7. The molecule has 21 heavy (non-hydrogen) atoms. The zero-order valence-corrected chi connectivity index (χ0v) is 12.5. The molecule has 0 spiro atoms. The first-order valence-electron chi connectivity index (χ1n) is 6.53. The van der Waals surface area contributed by atoms with Crippen LogP contribution in [0.15, 0.2) is 18.2 Å². The zero-order chi connectivity index (χ0) is 15.4. The molecule has 1 N–H and O–H groups in total. The van der Waals surface area contributed by atoms with E-state index in [4.69, 9.17) is 0 Å². The van der Waals surface area contributed by atoms with E-state index in [0.717, 1.165) is 24.0 Å². The van der Waals surface area contributed by atoms with E-state index in [1.807, 2.05) is 6.92 Å². The molecule has 2 aromatic rings.